The van der Waals surface area contributed by atoms with Gasteiger partial charge in [-0.1, -0.05) is 17.7 Å². The summed E-state index contributed by atoms with van der Waals surface area (Å²) in [5.74, 6) is 0.438. The Bertz CT molecular complexity index is 572. The predicted octanol–water partition coefficient (Wildman–Crippen LogP) is 1.55. The van der Waals surface area contributed by atoms with Gasteiger partial charge in [-0.2, -0.15) is 0 Å². The van der Waals surface area contributed by atoms with E-state index >= 15 is 0 Å². The monoisotopic (exact) mass is 289 g/mol. The van der Waals surface area contributed by atoms with Gasteiger partial charge in [0.1, 0.15) is 5.54 Å². The van der Waals surface area contributed by atoms with Crippen molar-refractivity contribution in [2.75, 3.05) is 20.3 Å². The molecule has 1 fully saturated rings. The molecule has 114 valence electrons. The third-order valence-corrected chi connectivity index (χ3v) is 3.80. The van der Waals surface area contributed by atoms with Crippen molar-refractivity contribution in [2.45, 2.75) is 33.2 Å². The van der Waals surface area contributed by atoms with E-state index in [1.807, 2.05) is 20.8 Å². The van der Waals surface area contributed by atoms with Gasteiger partial charge in [0.05, 0.1) is 13.2 Å². The van der Waals surface area contributed by atoms with Gasteiger partial charge in [0.15, 0.2) is 5.96 Å². The molecule has 0 radical (unpaired) electrons. The van der Waals surface area contributed by atoms with Gasteiger partial charge >= 0.3 is 0 Å². The molecule has 1 aliphatic rings. The molecule has 0 bridgehead atoms. The van der Waals surface area contributed by atoms with Crippen molar-refractivity contribution < 1.29 is 9.53 Å². The van der Waals surface area contributed by atoms with Crippen LogP contribution in [-0.4, -0.2) is 32.1 Å². The number of carbonyl (C=O) groups is 1. The minimum absolute atomic E-state index is 0.0753. The number of hydrogen-bond donors (Lipinski definition) is 2. The maximum atomic E-state index is 12.4. The van der Waals surface area contributed by atoms with Crippen LogP contribution >= 0.6 is 0 Å². The Balaban J connectivity index is 2.35. The van der Waals surface area contributed by atoms with Crippen LogP contribution in [0.25, 0.3) is 0 Å². The molecule has 1 unspecified atom stereocenters. The highest BCUT2D eigenvalue weighted by Crippen LogP contribution is 2.30. The normalized spacial score (nSPS) is 23.3. The zero-order chi connectivity index (χ0) is 15.6. The van der Waals surface area contributed by atoms with Gasteiger partial charge in [-0.3, -0.25) is 15.1 Å². The summed E-state index contributed by atoms with van der Waals surface area (Å²) in [6.45, 7) is 9.07. The summed E-state index contributed by atoms with van der Waals surface area (Å²) in [5, 5.41) is 6.04. The molecule has 2 rings (SSSR count). The summed E-state index contributed by atoms with van der Waals surface area (Å²) in [6.07, 6.45) is 0. The van der Waals surface area contributed by atoms with Crippen molar-refractivity contribution in [3.05, 3.63) is 34.4 Å². The molecule has 1 aromatic carbocycles. The van der Waals surface area contributed by atoms with Gasteiger partial charge in [0.2, 0.25) is 0 Å². The van der Waals surface area contributed by atoms with E-state index in [-0.39, 0.29) is 5.91 Å². The highest BCUT2D eigenvalue weighted by atomic mass is 16.5. The smallest absolute Gasteiger partial charge is 0.256 e. The molecule has 1 aliphatic heterocycles. The van der Waals surface area contributed by atoms with Gasteiger partial charge in [-0.15, -0.1) is 0 Å². The number of nitrogens with one attached hydrogen (secondary N) is 2. The number of aryl methyl sites for hydroxylation is 3. The second kappa shape index (κ2) is 5.85. The molecule has 0 aromatic heterocycles. The summed E-state index contributed by atoms with van der Waals surface area (Å²) >= 11 is 0. The van der Waals surface area contributed by atoms with E-state index in [0.717, 1.165) is 16.7 Å². The average molecular weight is 289 g/mol. The number of benzene rings is 1. The Morgan fingerprint density at radius 1 is 1.24 bits per heavy atom. The molecule has 0 aliphatic carbocycles. The highest BCUT2D eigenvalue weighted by molar-refractivity contribution is 6.09. The summed E-state index contributed by atoms with van der Waals surface area (Å²) in [7, 11) is 1.63. The summed E-state index contributed by atoms with van der Waals surface area (Å²) in [4.78, 5) is 16.8. The first kappa shape index (κ1) is 15.5. The van der Waals surface area contributed by atoms with Crippen LogP contribution in [0.4, 0.5) is 0 Å². The molecule has 5 heteroatoms. The molecular formula is C16H23N3O2. The molecule has 0 spiro atoms. The standard InChI is InChI=1S/C16H23N3O2/c1-10-8-11(2)13(12(3)9-10)16(4)14(20)18-15(19-16)17-6-7-21-5/h8-9H,6-7H2,1-5H3,(H2,17,18,19,20). The van der Waals surface area contributed by atoms with E-state index < -0.39 is 5.54 Å². The Hall–Kier alpha value is -1.88. The lowest BCUT2D eigenvalue weighted by atomic mass is 9.84. The molecule has 0 saturated carbocycles. The molecule has 1 saturated heterocycles. The van der Waals surface area contributed by atoms with Crippen LogP contribution < -0.4 is 10.6 Å². The van der Waals surface area contributed by atoms with Crippen molar-refractivity contribution in [1.29, 1.82) is 0 Å². The maximum absolute atomic E-state index is 12.4. The van der Waals surface area contributed by atoms with Gasteiger partial charge in [0, 0.05) is 7.11 Å². The predicted molar refractivity (Wildman–Crippen MR) is 83.5 cm³/mol. The first-order valence-electron chi connectivity index (χ1n) is 7.10. The molecule has 5 nitrogen and oxygen atoms in total. The van der Waals surface area contributed by atoms with E-state index in [1.165, 1.54) is 5.56 Å². The van der Waals surface area contributed by atoms with Crippen molar-refractivity contribution in [3.8, 4) is 0 Å². The molecule has 1 aromatic rings. The van der Waals surface area contributed by atoms with Gasteiger partial charge < -0.3 is 10.1 Å². The van der Waals surface area contributed by atoms with E-state index in [0.29, 0.717) is 19.1 Å². The Morgan fingerprint density at radius 2 is 1.86 bits per heavy atom. The first-order valence-corrected chi connectivity index (χ1v) is 7.10. The third-order valence-electron chi connectivity index (χ3n) is 3.80. The van der Waals surface area contributed by atoms with Crippen molar-refractivity contribution in [1.82, 2.24) is 10.6 Å². The van der Waals surface area contributed by atoms with Crippen LogP contribution in [0.2, 0.25) is 0 Å². The van der Waals surface area contributed by atoms with Crippen LogP contribution in [0.15, 0.2) is 17.1 Å². The number of guanidine groups is 1. The fourth-order valence-electron chi connectivity index (χ4n) is 3.03. The fourth-order valence-corrected chi connectivity index (χ4v) is 3.03. The van der Waals surface area contributed by atoms with Crippen molar-refractivity contribution >= 4 is 11.9 Å². The lowest BCUT2D eigenvalue weighted by Crippen LogP contribution is -2.42. The number of methoxy groups -OCH3 is 1. The maximum Gasteiger partial charge on any atom is 0.256 e. The SMILES string of the molecule is COCCN=C1NC(=O)C(C)(c2c(C)cc(C)cc2C)N1. The molecule has 21 heavy (non-hydrogen) atoms. The molecule has 2 N–H and O–H groups in total. The van der Waals surface area contributed by atoms with E-state index in [1.54, 1.807) is 7.11 Å². The van der Waals surface area contributed by atoms with E-state index in [4.69, 9.17) is 4.74 Å². The largest absolute Gasteiger partial charge is 0.383 e. The van der Waals surface area contributed by atoms with Gasteiger partial charge in [0.25, 0.3) is 5.91 Å². The zero-order valence-corrected chi connectivity index (χ0v) is 13.3. The number of nitrogens with zero attached hydrogens (tertiary/aromatic N) is 1. The second-order valence-electron chi connectivity index (χ2n) is 5.70. The lowest BCUT2D eigenvalue weighted by molar-refractivity contribution is -0.123. The summed E-state index contributed by atoms with van der Waals surface area (Å²) in [5.41, 5.74) is 3.65. The number of rotatable bonds is 4. The number of carbonyl (C=O) groups excluding carboxylic acids is 1. The van der Waals surface area contributed by atoms with Gasteiger partial charge in [-0.25, -0.2) is 0 Å². The highest BCUT2D eigenvalue weighted by Gasteiger charge is 2.44. The average Bonchev–Trinajstić information content (AvgIpc) is 2.64. The number of hydrogen-bond acceptors (Lipinski definition) is 3. The minimum Gasteiger partial charge on any atom is -0.383 e. The molecule has 1 atom stereocenters. The summed E-state index contributed by atoms with van der Waals surface area (Å²) in [6, 6.07) is 4.20. The fraction of sp³-hybridized carbons (Fsp3) is 0.500. The Morgan fingerprint density at radius 3 is 2.43 bits per heavy atom. The van der Waals surface area contributed by atoms with Crippen LogP contribution in [0.1, 0.15) is 29.2 Å². The zero-order valence-electron chi connectivity index (χ0n) is 13.3. The molecule has 1 amide bonds. The lowest BCUT2D eigenvalue weighted by Gasteiger charge is -2.26. The number of aliphatic imine (C=N–C) groups is 1. The molecular weight excluding hydrogens is 266 g/mol. The van der Waals surface area contributed by atoms with Crippen LogP contribution in [0, 0.1) is 20.8 Å². The third kappa shape index (κ3) is 2.93. The van der Waals surface area contributed by atoms with Crippen LogP contribution in [0.5, 0.6) is 0 Å². The Kier molecular flexibility index (Phi) is 4.32. The van der Waals surface area contributed by atoms with Crippen molar-refractivity contribution in [3.63, 3.8) is 0 Å². The van der Waals surface area contributed by atoms with E-state index in [2.05, 4.69) is 34.7 Å². The second-order valence-corrected chi connectivity index (χ2v) is 5.70. The summed E-state index contributed by atoms with van der Waals surface area (Å²) < 4.78 is 4.97. The van der Waals surface area contributed by atoms with Crippen LogP contribution in [-0.2, 0) is 15.1 Å². The quantitative estimate of drug-likeness (QED) is 0.827. The topological polar surface area (TPSA) is 62.7 Å². The Labute approximate surface area is 125 Å². The first-order chi connectivity index (χ1) is 9.88. The van der Waals surface area contributed by atoms with E-state index in [9.17, 15) is 4.79 Å². The minimum atomic E-state index is -0.784. The molecule has 1 heterocycles. The van der Waals surface area contributed by atoms with Gasteiger partial charge in [-0.05, 0) is 44.4 Å². The van der Waals surface area contributed by atoms with Crippen LogP contribution in [0.3, 0.4) is 0 Å². The number of amides is 1. The van der Waals surface area contributed by atoms with Crippen molar-refractivity contribution in [2.24, 2.45) is 4.99 Å². The number of ether oxygens (including phenoxy) is 1.